The number of nitrogens with zero attached hydrogens (tertiary/aromatic N) is 3. The molecule has 1 fully saturated rings. The van der Waals surface area contributed by atoms with Crippen molar-refractivity contribution in [3.63, 3.8) is 0 Å². The third kappa shape index (κ3) is 2.54. The zero-order valence-corrected chi connectivity index (χ0v) is 13.2. The van der Waals surface area contributed by atoms with E-state index in [1.54, 1.807) is 11.0 Å². The molecule has 2 aromatic heterocycles. The summed E-state index contributed by atoms with van der Waals surface area (Å²) < 4.78 is 20.0. The van der Waals surface area contributed by atoms with Gasteiger partial charge in [-0.25, -0.2) is 9.67 Å². The first-order valence-electron chi connectivity index (χ1n) is 7.83. The molecule has 0 spiro atoms. The number of hydrogen-bond donors (Lipinski definition) is 0. The van der Waals surface area contributed by atoms with Crippen LogP contribution in [0.4, 0.5) is 0 Å². The maximum Gasteiger partial charge on any atom is 0.249 e. The highest BCUT2D eigenvalue weighted by Gasteiger charge is 2.46. The molecule has 4 rings (SSSR count). The molecule has 6 heteroatoms. The molecule has 23 heavy (non-hydrogen) atoms. The molecule has 0 amide bonds. The molecule has 3 heterocycles. The van der Waals surface area contributed by atoms with Crippen molar-refractivity contribution in [2.45, 2.75) is 38.7 Å². The van der Waals surface area contributed by atoms with E-state index in [0.29, 0.717) is 18.9 Å². The summed E-state index contributed by atoms with van der Waals surface area (Å²) in [5.41, 5.74) is 2.02. The van der Waals surface area contributed by atoms with E-state index < -0.39 is 5.79 Å². The quantitative estimate of drug-likeness (QED) is 0.741. The van der Waals surface area contributed by atoms with Gasteiger partial charge in [0.2, 0.25) is 5.79 Å². The van der Waals surface area contributed by atoms with Gasteiger partial charge < -0.3 is 13.9 Å². The molecule has 0 N–H and O–H groups in total. The van der Waals surface area contributed by atoms with Crippen molar-refractivity contribution in [2.75, 3.05) is 6.61 Å². The van der Waals surface area contributed by atoms with Gasteiger partial charge in [0.25, 0.3) is 0 Å². The first-order chi connectivity index (χ1) is 11.2. The van der Waals surface area contributed by atoms with E-state index in [-0.39, 0.29) is 6.10 Å². The van der Waals surface area contributed by atoms with Crippen molar-refractivity contribution >= 4 is 11.0 Å². The fourth-order valence-electron chi connectivity index (χ4n) is 2.93. The standard InChI is InChI=1S/C17H19N3O3/c1-3-14-8-21-17(23-14,9-20-11-18-10-19-20)16-7-13-6-12(2)4-5-15(13)22-16/h4-7,10-11,14H,3,8-9H2,1-2H3. The van der Waals surface area contributed by atoms with Gasteiger partial charge in [-0.1, -0.05) is 18.6 Å². The second-order valence-electron chi connectivity index (χ2n) is 5.96. The smallest absolute Gasteiger partial charge is 0.249 e. The Morgan fingerprint density at radius 2 is 2.26 bits per heavy atom. The second-order valence-corrected chi connectivity index (χ2v) is 5.96. The van der Waals surface area contributed by atoms with Crippen LogP contribution in [0.1, 0.15) is 24.7 Å². The monoisotopic (exact) mass is 313 g/mol. The number of benzene rings is 1. The van der Waals surface area contributed by atoms with E-state index in [1.165, 1.54) is 11.9 Å². The molecule has 0 saturated carbocycles. The minimum Gasteiger partial charge on any atom is -0.455 e. The highest BCUT2D eigenvalue weighted by atomic mass is 16.8. The van der Waals surface area contributed by atoms with E-state index in [1.807, 2.05) is 18.2 Å². The van der Waals surface area contributed by atoms with Crippen LogP contribution in [-0.2, 0) is 21.8 Å². The number of fused-ring (bicyclic) bond motifs is 1. The van der Waals surface area contributed by atoms with Crippen molar-refractivity contribution in [1.82, 2.24) is 14.8 Å². The topological polar surface area (TPSA) is 62.3 Å². The van der Waals surface area contributed by atoms with Crippen LogP contribution in [0.5, 0.6) is 0 Å². The summed E-state index contributed by atoms with van der Waals surface area (Å²) in [6.45, 7) is 5.10. The molecule has 0 aliphatic carbocycles. The van der Waals surface area contributed by atoms with Crippen LogP contribution in [0.3, 0.4) is 0 Å². The van der Waals surface area contributed by atoms with Gasteiger partial charge in [-0.15, -0.1) is 0 Å². The Morgan fingerprint density at radius 1 is 1.35 bits per heavy atom. The molecule has 1 saturated heterocycles. The first-order valence-corrected chi connectivity index (χ1v) is 7.83. The van der Waals surface area contributed by atoms with Crippen LogP contribution in [-0.4, -0.2) is 27.5 Å². The number of hydrogen-bond acceptors (Lipinski definition) is 5. The third-order valence-electron chi connectivity index (χ3n) is 4.20. The summed E-state index contributed by atoms with van der Waals surface area (Å²) in [4.78, 5) is 3.99. The largest absolute Gasteiger partial charge is 0.455 e. The van der Waals surface area contributed by atoms with Gasteiger partial charge in [-0.3, -0.25) is 0 Å². The highest BCUT2D eigenvalue weighted by Crippen LogP contribution is 2.39. The van der Waals surface area contributed by atoms with Gasteiger partial charge in [-0.2, -0.15) is 5.10 Å². The second kappa shape index (κ2) is 5.47. The van der Waals surface area contributed by atoms with Crippen molar-refractivity contribution in [1.29, 1.82) is 0 Å². The van der Waals surface area contributed by atoms with Gasteiger partial charge in [0.15, 0.2) is 5.76 Å². The molecular weight excluding hydrogens is 294 g/mol. The van der Waals surface area contributed by atoms with E-state index >= 15 is 0 Å². The predicted octanol–water partition coefficient (Wildman–Crippen LogP) is 3.01. The average Bonchev–Trinajstić information content (AvgIpc) is 3.26. The van der Waals surface area contributed by atoms with Gasteiger partial charge >= 0.3 is 0 Å². The van der Waals surface area contributed by atoms with E-state index in [0.717, 1.165) is 17.4 Å². The molecule has 0 radical (unpaired) electrons. The fourth-order valence-corrected chi connectivity index (χ4v) is 2.93. The maximum atomic E-state index is 6.21. The zero-order valence-electron chi connectivity index (χ0n) is 13.2. The van der Waals surface area contributed by atoms with Crippen LogP contribution in [0.2, 0.25) is 0 Å². The molecule has 2 atom stereocenters. The number of ether oxygens (including phenoxy) is 2. The Balaban J connectivity index is 1.77. The average molecular weight is 313 g/mol. The molecule has 6 nitrogen and oxygen atoms in total. The van der Waals surface area contributed by atoms with Crippen molar-refractivity contribution in [2.24, 2.45) is 0 Å². The van der Waals surface area contributed by atoms with Crippen LogP contribution in [0, 0.1) is 6.92 Å². The molecule has 120 valence electrons. The van der Waals surface area contributed by atoms with Gasteiger partial charge in [-0.05, 0) is 31.5 Å². The predicted molar refractivity (Wildman–Crippen MR) is 83.8 cm³/mol. The van der Waals surface area contributed by atoms with Crippen molar-refractivity contribution in [3.05, 3.63) is 48.2 Å². The summed E-state index contributed by atoms with van der Waals surface area (Å²) >= 11 is 0. The molecule has 0 bridgehead atoms. The van der Waals surface area contributed by atoms with Gasteiger partial charge in [0, 0.05) is 5.39 Å². The van der Waals surface area contributed by atoms with Crippen LogP contribution < -0.4 is 0 Å². The third-order valence-corrected chi connectivity index (χ3v) is 4.20. The van der Waals surface area contributed by atoms with Gasteiger partial charge in [0.05, 0.1) is 12.7 Å². The van der Waals surface area contributed by atoms with Crippen LogP contribution >= 0.6 is 0 Å². The Morgan fingerprint density at radius 3 is 3.00 bits per heavy atom. The summed E-state index contributed by atoms with van der Waals surface area (Å²) in [5, 5.41) is 5.22. The molecular formula is C17H19N3O3. The maximum absolute atomic E-state index is 6.21. The first kappa shape index (κ1) is 14.4. The molecule has 2 unspecified atom stereocenters. The molecule has 1 aromatic carbocycles. The normalized spacial score (nSPS) is 24.5. The molecule has 1 aliphatic rings. The molecule has 3 aromatic rings. The lowest BCUT2D eigenvalue weighted by molar-refractivity contribution is -0.199. The Bertz CT molecular complexity index is 812. The van der Waals surface area contributed by atoms with Crippen LogP contribution in [0.25, 0.3) is 11.0 Å². The number of furan rings is 1. The van der Waals surface area contributed by atoms with E-state index in [9.17, 15) is 0 Å². The summed E-state index contributed by atoms with van der Waals surface area (Å²) in [7, 11) is 0. The zero-order chi connectivity index (χ0) is 15.9. The summed E-state index contributed by atoms with van der Waals surface area (Å²) in [6, 6.07) is 8.10. The minimum absolute atomic E-state index is 0.0495. The fraction of sp³-hybridized carbons (Fsp3) is 0.412. The lowest BCUT2D eigenvalue weighted by atomic mass is 10.1. The Hall–Kier alpha value is -2.18. The van der Waals surface area contributed by atoms with E-state index in [4.69, 9.17) is 13.9 Å². The Labute approximate surface area is 134 Å². The van der Waals surface area contributed by atoms with Crippen molar-refractivity contribution in [3.8, 4) is 0 Å². The molecule has 1 aliphatic heterocycles. The SMILES string of the molecule is CCC1COC(Cn2cncn2)(c2cc3cc(C)ccc3o2)O1. The number of rotatable bonds is 4. The van der Waals surface area contributed by atoms with Crippen molar-refractivity contribution < 1.29 is 13.9 Å². The number of aromatic nitrogens is 3. The lowest BCUT2D eigenvalue weighted by Crippen LogP contribution is -2.33. The highest BCUT2D eigenvalue weighted by molar-refractivity contribution is 5.78. The minimum atomic E-state index is -0.957. The van der Waals surface area contributed by atoms with Crippen LogP contribution in [0.15, 0.2) is 41.3 Å². The summed E-state index contributed by atoms with van der Waals surface area (Å²) in [5.74, 6) is -0.286. The van der Waals surface area contributed by atoms with Gasteiger partial charge in [0.1, 0.15) is 24.8 Å². The lowest BCUT2D eigenvalue weighted by Gasteiger charge is -2.25. The number of aryl methyl sites for hydroxylation is 1. The van der Waals surface area contributed by atoms with E-state index in [2.05, 4.69) is 30.0 Å². The Kier molecular flexibility index (Phi) is 3.43. The summed E-state index contributed by atoms with van der Waals surface area (Å²) in [6.07, 6.45) is 4.09.